The van der Waals surface area contributed by atoms with Crippen LogP contribution >= 0.6 is 24.2 Å². The largest absolute Gasteiger partial charge is 0.435 e. The molecule has 0 amide bonds. The van der Waals surface area contributed by atoms with E-state index in [4.69, 9.17) is 11.6 Å². The van der Waals surface area contributed by atoms with Gasteiger partial charge < -0.3 is 4.74 Å². The minimum atomic E-state index is -2.81. The molecule has 0 fully saturated rings. The smallest absolute Gasteiger partial charge is 0.387 e. The number of thiol groups is 1. The van der Waals surface area contributed by atoms with Crippen LogP contribution in [0.25, 0.3) is 0 Å². The van der Waals surface area contributed by atoms with Crippen molar-refractivity contribution in [3.05, 3.63) is 28.8 Å². The van der Waals surface area contributed by atoms with Crippen molar-refractivity contribution < 1.29 is 13.5 Å². The van der Waals surface area contributed by atoms with Gasteiger partial charge in [-0.05, 0) is 35.9 Å². The molecular formula is C9H9ClF2OS. The van der Waals surface area contributed by atoms with Crippen LogP contribution in [-0.2, 0) is 6.42 Å². The van der Waals surface area contributed by atoms with Gasteiger partial charge in [0.05, 0.1) is 0 Å². The van der Waals surface area contributed by atoms with Crippen LogP contribution in [0.3, 0.4) is 0 Å². The van der Waals surface area contributed by atoms with Gasteiger partial charge in [-0.2, -0.15) is 21.4 Å². The lowest BCUT2D eigenvalue weighted by atomic mass is 10.1. The fourth-order valence-electron chi connectivity index (χ4n) is 1.07. The maximum atomic E-state index is 12.0. The summed E-state index contributed by atoms with van der Waals surface area (Å²) < 4.78 is 28.3. The summed E-state index contributed by atoms with van der Waals surface area (Å²) in [5.74, 6) is 0.721. The summed E-state index contributed by atoms with van der Waals surface area (Å²) in [4.78, 5) is 0. The molecule has 0 aliphatic carbocycles. The number of rotatable bonds is 4. The van der Waals surface area contributed by atoms with E-state index < -0.39 is 6.61 Å². The highest BCUT2D eigenvalue weighted by Crippen LogP contribution is 2.25. The Labute approximate surface area is 91.4 Å². The molecule has 1 aromatic rings. The van der Waals surface area contributed by atoms with Crippen LogP contribution in [0.4, 0.5) is 8.78 Å². The molecule has 14 heavy (non-hydrogen) atoms. The van der Waals surface area contributed by atoms with Crippen LogP contribution in [0.2, 0.25) is 5.02 Å². The average Bonchev–Trinajstić information content (AvgIpc) is 2.09. The Morgan fingerprint density at radius 3 is 2.71 bits per heavy atom. The molecule has 0 heterocycles. The Kier molecular flexibility index (Phi) is 4.48. The number of benzene rings is 1. The van der Waals surface area contributed by atoms with Gasteiger partial charge in [-0.1, -0.05) is 11.6 Å². The molecular weight excluding hydrogens is 230 g/mol. The standard InChI is InChI=1S/C9H9ClF2OS/c10-7-1-2-8(13-9(11)12)6(5-7)3-4-14/h1-2,5,9,14H,3-4H2. The van der Waals surface area contributed by atoms with E-state index in [1.165, 1.54) is 12.1 Å². The van der Waals surface area contributed by atoms with Crippen LogP contribution in [0, 0.1) is 0 Å². The monoisotopic (exact) mass is 238 g/mol. The van der Waals surface area contributed by atoms with Crippen LogP contribution in [0.1, 0.15) is 5.56 Å². The number of alkyl halides is 2. The normalized spacial score (nSPS) is 10.6. The molecule has 0 saturated carbocycles. The molecule has 0 radical (unpaired) electrons. The zero-order valence-corrected chi connectivity index (χ0v) is 8.86. The van der Waals surface area contributed by atoms with Gasteiger partial charge in [-0.25, -0.2) is 0 Å². The van der Waals surface area contributed by atoms with E-state index in [9.17, 15) is 8.78 Å². The lowest BCUT2D eigenvalue weighted by Crippen LogP contribution is -2.04. The Bertz CT molecular complexity index is 307. The second-order valence-corrected chi connectivity index (χ2v) is 3.49. The zero-order chi connectivity index (χ0) is 10.6. The first-order valence-electron chi connectivity index (χ1n) is 3.97. The van der Waals surface area contributed by atoms with Gasteiger partial charge in [0.25, 0.3) is 0 Å². The molecule has 0 aliphatic rings. The van der Waals surface area contributed by atoms with E-state index in [-0.39, 0.29) is 5.75 Å². The van der Waals surface area contributed by atoms with E-state index >= 15 is 0 Å². The molecule has 1 aromatic carbocycles. The van der Waals surface area contributed by atoms with Crippen molar-refractivity contribution >= 4 is 24.2 Å². The number of hydrogen-bond acceptors (Lipinski definition) is 2. The van der Waals surface area contributed by atoms with Gasteiger partial charge in [-0.3, -0.25) is 0 Å². The van der Waals surface area contributed by atoms with E-state index in [1.54, 1.807) is 6.07 Å². The number of ether oxygens (including phenoxy) is 1. The highest BCUT2D eigenvalue weighted by atomic mass is 35.5. The number of hydrogen-bond donors (Lipinski definition) is 1. The first-order chi connectivity index (χ1) is 6.63. The lowest BCUT2D eigenvalue weighted by Gasteiger charge is -2.09. The molecule has 5 heteroatoms. The van der Waals surface area contributed by atoms with Crippen molar-refractivity contribution in [1.82, 2.24) is 0 Å². The van der Waals surface area contributed by atoms with Crippen molar-refractivity contribution in [3.63, 3.8) is 0 Å². The van der Waals surface area contributed by atoms with E-state index in [0.717, 1.165) is 0 Å². The predicted octanol–water partition coefficient (Wildman–Crippen LogP) is 3.41. The molecule has 0 atom stereocenters. The Balaban J connectivity index is 2.89. The molecule has 78 valence electrons. The van der Waals surface area contributed by atoms with E-state index in [0.29, 0.717) is 22.8 Å². The number of halogens is 3. The summed E-state index contributed by atoms with van der Waals surface area (Å²) in [7, 11) is 0. The van der Waals surface area contributed by atoms with Gasteiger partial charge >= 0.3 is 6.61 Å². The van der Waals surface area contributed by atoms with Crippen molar-refractivity contribution in [2.24, 2.45) is 0 Å². The zero-order valence-electron chi connectivity index (χ0n) is 7.21. The third-order valence-electron chi connectivity index (χ3n) is 1.62. The van der Waals surface area contributed by atoms with E-state index in [2.05, 4.69) is 17.4 Å². The molecule has 0 spiro atoms. The van der Waals surface area contributed by atoms with Gasteiger partial charge in [0.1, 0.15) is 5.75 Å². The Morgan fingerprint density at radius 1 is 1.43 bits per heavy atom. The molecule has 0 aromatic heterocycles. The minimum Gasteiger partial charge on any atom is -0.435 e. The van der Waals surface area contributed by atoms with Gasteiger partial charge in [-0.15, -0.1) is 0 Å². The highest BCUT2D eigenvalue weighted by Gasteiger charge is 2.09. The van der Waals surface area contributed by atoms with Gasteiger partial charge in [0, 0.05) is 5.02 Å². The fraction of sp³-hybridized carbons (Fsp3) is 0.333. The van der Waals surface area contributed by atoms with Crippen molar-refractivity contribution in [2.45, 2.75) is 13.0 Å². The summed E-state index contributed by atoms with van der Waals surface area (Å²) >= 11 is 9.74. The van der Waals surface area contributed by atoms with Gasteiger partial charge in [0.15, 0.2) is 0 Å². The van der Waals surface area contributed by atoms with Crippen LogP contribution in [0.5, 0.6) is 5.75 Å². The van der Waals surface area contributed by atoms with E-state index in [1.807, 2.05) is 0 Å². The molecule has 1 rings (SSSR count). The second kappa shape index (κ2) is 5.41. The molecule has 0 bridgehead atoms. The first-order valence-corrected chi connectivity index (χ1v) is 4.98. The summed E-state index contributed by atoms with van der Waals surface area (Å²) in [6, 6.07) is 4.56. The maximum absolute atomic E-state index is 12.0. The summed E-state index contributed by atoms with van der Waals surface area (Å²) in [5.41, 5.74) is 0.646. The summed E-state index contributed by atoms with van der Waals surface area (Å²) in [6.07, 6.45) is 0.547. The molecule has 0 N–H and O–H groups in total. The quantitative estimate of drug-likeness (QED) is 0.791. The first kappa shape index (κ1) is 11.6. The Hall–Kier alpha value is -0.480. The second-order valence-electron chi connectivity index (χ2n) is 2.60. The van der Waals surface area contributed by atoms with Crippen molar-refractivity contribution in [2.75, 3.05) is 5.75 Å². The molecule has 0 saturated heterocycles. The Morgan fingerprint density at radius 2 is 2.14 bits per heavy atom. The third-order valence-corrected chi connectivity index (χ3v) is 2.08. The summed E-state index contributed by atoms with van der Waals surface area (Å²) in [6.45, 7) is -2.81. The lowest BCUT2D eigenvalue weighted by molar-refractivity contribution is -0.0504. The maximum Gasteiger partial charge on any atom is 0.387 e. The number of aryl methyl sites for hydroxylation is 1. The van der Waals surface area contributed by atoms with Gasteiger partial charge in [0.2, 0.25) is 0 Å². The molecule has 1 nitrogen and oxygen atoms in total. The molecule has 0 aliphatic heterocycles. The fourth-order valence-corrected chi connectivity index (χ4v) is 1.51. The van der Waals surface area contributed by atoms with Crippen molar-refractivity contribution in [1.29, 1.82) is 0 Å². The summed E-state index contributed by atoms with van der Waals surface area (Å²) in [5, 5.41) is 0.503. The average molecular weight is 239 g/mol. The predicted molar refractivity (Wildman–Crippen MR) is 55.6 cm³/mol. The van der Waals surface area contributed by atoms with Crippen molar-refractivity contribution in [3.8, 4) is 5.75 Å². The minimum absolute atomic E-state index is 0.165. The third kappa shape index (κ3) is 3.35. The van der Waals surface area contributed by atoms with Crippen LogP contribution < -0.4 is 4.74 Å². The van der Waals surface area contributed by atoms with Crippen LogP contribution in [0.15, 0.2) is 18.2 Å². The molecule has 0 unspecified atom stereocenters. The highest BCUT2D eigenvalue weighted by molar-refractivity contribution is 7.80. The topological polar surface area (TPSA) is 9.23 Å². The van der Waals surface area contributed by atoms with Crippen LogP contribution in [-0.4, -0.2) is 12.4 Å². The SMILES string of the molecule is FC(F)Oc1ccc(Cl)cc1CCS.